The minimum atomic E-state index is -2.86. The Labute approximate surface area is 80.8 Å². The Bertz CT molecular complexity index is 240. The molecule has 1 aliphatic rings. The average molecular weight is 205 g/mol. The summed E-state index contributed by atoms with van der Waals surface area (Å²) in [6.45, 7) is 4.47. The fraction of sp³-hybridized carbons (Fsp3) is 1.00. The van der Waals surface area contributed by atoms with Gasteiger partial charge in [0.15, 0.2) is 9.84 Å². The summed E-state index contributed by atoms with van der Waals surface area (Å²) in [7, 11) is -2.86. The number of hydrogen-bond acceptors (Lipinski definition) is 3. The van der Waals surface area contributed by atoms with Crippen LogP contribution in [0.3, 0.4) is 0 Å². The molecule has 1 atom stereocenters. The molecule has 0 radical (unpaired) electrons. The third kappa shape index (κ3) is 3.27. The standard InChI is InChI=1S/C9H19NO2S/c1-8(2)13(11,12)7-9-5-3-4-6-10-9/h8-10H,3-7H2,1-2H3/t9-/m1/s1. The molecule has 0 amide bonds. The van der Waals surface area contributed by atoms with Crippen molar-refractivity contribution < 1.29 is 8.42 Å². The van der Waals surface area contributed by atoms with Crippen molar-refractivity contribution in [3.63, 3.8) is 0 Å². The third-order valence-corrected chi connectivity index (χ3v) is 4.87. The van der Waals surface area contributed by atoms with Crippen molar-refractivity contribution in [1.29, 1.82) is 0 Å². The van der Waals surface area contributed by atoms with Gasteiger partial charge in [-0.25, -0.2) is 8.42 Å². The lowest BCUT2D eigenvalue weighted by molar-refractivity contribution is 0.423. The maximum absolute atomic E-state index is 11.6. The van der Waals surface area contributed by atoms with Crippen LogP contribution in [0.25, 0.3) is 0 Å². The lowest BCUT2D eigenvalue weighted by Crippen LogP contribution is -2.40. The van der Waals surface area contributed by atoms with Gasteiger partial charge in [0.25, 0.3) is 0 Å². The highest BCUT2D eigenvalue weighted by Gasteiger charge is 2.23. The van der Waals surface area contributed by atoms with Gasteiger partial charge in [0, 0.05) is 6.04 Å². The van der Waals surface area contributed by atoms with E-state index in [1.54, 1.807) is 13.8 Å². The van der Waals surface area contributed by atoms with Crippen molar-refractivity contribution in [3.8, 4) is 0 Å². The first-order valence-corrected chi connectivity index (χ1v) is 6.69. The van der Waals surface area contributed by atoms with Gasteiger partial charge in [-0.1, -0.05) is 6.42 Å². The molecule has 78 valence electrons. The quantitative estimate of drug-likeness (QED) is 0.746. The third-order valence-electron chi connectivity index (χ3n) is 2.56. The van der Waals surface area contributed by atoms with Crippen LogP contribution < -0.4 is 5.32 Å². The van der Waals surface area contributed by atoms with Gasteiger partial charge >= 0.3 is 0 Å². The summed E-state index contributed by atoms with van der Waals surface area (Å²) >= 11 is 0. The van der Waals surface area contributed by atoms with Crippen LogP contribution in [0, 0.1) is 0 Å². The molecule has 1 N–H and O–H groups in total. The molecule has 13 heavy (non-hydrogen) atoms. The number of piperidine rings is 1. The van der Waals surface area contributed by atoms with Gasteiger partial charge < -0.3 is 5.32 Å². The van der Waals surface area contributed by atoms with Crippen LogP contribution in [0.2, 0.25) is 0 Å². The normalized spacial score (nSPS) is 25.0. The second-order valence-corrected chi connectivity index (χ2v) is 6.63. The summed E-state index contributed by atoms with van der Waals surface area (Å²) in [5.41, 5.74) is 0. The number of hydrogen-bond donors (Lipinski definition) is 1. The Kier molecular flexibility index (Phi) is 3.74. The van der Waals surface area contributed by atoms with Gasteiger partial charge in [-0.2, -0.15) is 0 Å². The Balaban J connectivity index is 2.47. The van der Waals surface area contributed by atoms with E-state index in [9.17, 15) is 8.42 Å². The van der Waals surface area contributed by atoms with Gasteiger partial charge in [0.1, 0.15) is 0 Å². The summed E-state index contributed by atoms with van der Waals surface area (Å²) in [5, 5.41) is 3.01. The second-order valence-electron chi connectivity index (χ2n) is 4.03. The van der Waals surface area contributed by atoms with Gasteiger partial charge in [0.2, 0.25) is 0 Å². The first-order chi connectivity index (χ1) is 6.02. The lowest BCUT2D eigenvalue weighted by Gasteiger charge is -2.23. The maximum Gasteiger partial charge on any atom is 0.154 e. The van der Waals surface area contributed by atoms with E-state index in [1.807, 2.05) is 0 Å². The predicted molar refractivity (Wildman–Crippen MR) is 54.6 cm³/mol. The van der Waals surface area contributed by atoms with Gasteiger partial charge in [-0.15, -0.1) is 0 Å². The molecule has 0 aromatic rings. The smallest absolute Gasteiger partial charge is 0.154 e. The summed E-state index contributed by atoms with van der Waals surface area (Å²) in [5.74, 6) is 0.310. The highest BCUT2D eigenvalue weighted by atomic mass is 32.2. The van der Waals surface area contributed by atoms with Crippen LogP contribution >= 0.6 is 0 Å². The van der Waals surface area contributed by atoms with Crippen LogP contribution in [-0.2, 0) is 9.84 Å². The topological polar surface area (TPSA) is 46.2 Å². The zero-order valence-corrected chi connectivity index (χ0v) is 9.23. The molecule has 1 fully saturated rings. The summed E-state index contributed by atoms with van der Waals surface area (Å²) in [4.78, 5) is 0. The molecule has 0 saturated carbocycles. The zero-order chi connectivity index (χ0) is 9.90. The first-order valence-electron chi connectivity index (χ1n) is 4.97. The van der Waals surface area contributed by atoms with E-state index < -0.39 is 9.84 Å². The highest BCUT2D eigenvalue weighted by Crippen LogP contribution is 2.11. The Morgan fingerprint density at radius 3 is 2.54 bits per heavy atom. The molecular formula is C9H19NO2S. The zero-order valence-electron chi connectivity index (χ0n) is 8.41. The maximum atomic E-state index is 11.6. The number of rotatable bonds is 3. The van der Waals surface area contributed by atoms with Gasteiger partial charge in [-0.3, -0.25) is 0 Å². The molecule has 1 aliphatic heterocycles. The molecule has 0 aliphatic carbocycles. The van der Waals surface area contributed by atoms with Crippen LogP contribution in [0.5, 0.6) is 0 Å². The van der Waals surface area contributed by atoms with Crippen LogP contribution in [-0.4, -0.2) is 32.0 Å². The molecule has 0 aromatic heterocycles. The van der Waals surface area contributed by atoms with Crippen LogP contribution in [0.1, 0.15) is 33.1 Å². The largest absolute Gasteiger partial charge is 0.313 e. The van der Waals surface area contributed by atoms with E-state index in [1.165, 1.54) is 6.42 Å². The summed E-state index contributed by atoms with van der Waals surface area (Å²) < 4.78 is 23.1. The van der Waals surface area contributed by atoms with E-state index >= 15 is 0 Å². The Hall–Kier alpha value is -0.0900. The van der Waals surface area contributed by atoms with E-state index in [2.05, 4.69) is 5.32 Å². The molecule has 1 heterocycles. The highest BCUT2D eigenvalue weighted by molar-refractivity contribution is 7.92. The molecule has 1 saturated heterocycles. The predicted octanol–water partition coefficient (Wildman–Crippen LogP) is 0.952. The van der Waals surface area contributed by atoms with Crippen molar-refractivity contribution in [2.75, 3.05) is 12.3 Å². The molecule has 0 unspecified atom stereocenters. The molecule has 1 rings (SSSR count). The van der Waals surface area contributed by atoms with Gasteiger partial charge in [0.05, 0.1) is 11.0 Å². The van der Waals surface area contributed by atoms with E-state index in [0.29, 0.717) is 5.75 Å². The van der Waals surface area contributed by atoms with Crippen molar-refractivity contribution in [2.24, 2.45) is 0 Å². The van der Waals surface area contributed by atoms with Crippen molar-refractivity contribution in [3.05, 3.63) is 0 Å². The minimum absolute atomic E-state index is 0.196. The average Bonchev–Trinajstić information content (AvgIpc) is 2.05. The van der Waals surface area contributed by atoms with Crippen molar-refractivity contribution in [2.45, 2.75) is 44.4 Å². The van der Waals surface area contributed by atoms with E-state index in [4.69, 9.17) is 0 Å². The van der Waals surface area contributed by atoms with Crippen molar-refractivity contribution in [1.82, 2.24) is 5.32 Å². The fourth-order valence-electron chi connectivity index (χ4n) is 1.54. The minimum Gasteiger partial charge on any atom is -0.313 e. The first kappa shape index (κ1) is 11.0. The van der Waals surface area contributed by atoms with E-state index in [0.717, 1.165) is 19.4 Å². The molecule has 0 spiro atoms. The Morgan fingerprint density at radius 2 is 2.08 bits per heavy atom. The monoisotopic (exact) mass is 205 g/mol. The van der Waals surface area contributed by atoms with Crippen LogP contribution in [0.4, 0.5) is 0 Å². The number of nitrogens with one attached hydrogen (secondary N) is 1. The number of sulfone groups is 1. The van der Waals surface area contributed by atoms with Crippen molar-refractivity contribution >= 4 is 9.84 Å². The summed E-state index contributed by atoms with van der Waals surface area (Å²) in [6.07, 6.45) is 3.34. The van der Waals surface area contributed by atoms with Gasteiger partial charge in [-0.05, 0) is 33.2 Å². The molecule has 0 aromatic carbocycles. The molecule has 0 bridgehead atoms. The second kappa shape index (κ2) is 4.42. The van der Waals surface area contributed by atoms with E-state index in [-0.39, 0.29) is 11.3 Å². The molecule has 4 heteroatoms. The SMILES string of the molecule is CC(C)S(=O)(=O)C[C@H]1CCCCN1. The Morgan fingerprint density at radius 1 is 1.38 bits per heavy atom. The van der Waals surface area contributed by atoms with Crippen LogP contribution in [0.15, 0.2) is 0 Å². The molecular weight excluding hydrogens is 186 g/mol. The lowest BCUT2D eigenvalue weighted by atomic mass is 10.1. The molecule has 3 nitrogen and oxygen atoms in total. The fourth-order valence-corrected chi connectivity index (χ4v) is 2.77. The summed E-state index contributed by atoms with van der Waals surface area (Å²) in [6, 6.07) is 0.196.